The lowest BCUT2D eigenvalue weighted by Crippen LogP contribution is -2.44. The number of hydrogen-bond donors (Lipinski definition) is 2. The molecule has 1 aliphatic rings. The van der Waals surface area contributed by atoms with Gasteiger partial charge in [-0.2, -0.15) is 0 Å². The molecule has 5 nitrogen and oxygen atoms in total. The standard InChI is InChI=1S/C18H37N3O2.HI/c1-4-19-18(21-16(2)15-22-3)20-13-9-6-10-14-23-17-11-7-5-8-12-17;/h16-17H,4-15H2,1-3H3,(H2,19,20,21);1H. The average molecular weight is 455 g/mol. The Kier molecular flexibility index (Phi) is 16.3. The topological polar surface area (TPSA) is 54.9 Å². The third-order valence-electron chi connectivity index (χ3n) is 4.12. The SMILES string of the molecule is CCNC(=NCCCCCOC1CCCCC1)NC(C)COC.I. The molecule has 144 valence electrons. The lowest BCUT2D eigenvalue weighted by atomic mass is 9.98. The molecule has 0 bridgehead atoms. The number of rotatable bonds is 11. The van der Waals surface area contributed by atoms with Crippen molar-refractivity contribution in [3.8, 4) is 0 Å². The lowest BCUT2D eigenvalue weighted by molar-refractivity contribution is 0.0264. The number of nitrogens with zero attached hydrogens (tertiary/aromatic N) is 1. The van der Waals surface area contributed by atoms with E-state index in [-0.39, 0.29) is 30.0 Å². The summed E-state index contributed by atoms with van der Waals surface area (Å²) in [6, 6.07) is 0.265. The number of unbranched alkanes of at least 4 members (excludes halogenated alkanes) is 2. The highest BCUT2D eigenvalue weighted by Gasteiger charge is 2.12. The predicted octanol–water partition coefficient (Wildman–Crippen LogP) is 3.71. The highest BCUT2D eigenvalue weighted by Crippen LogP contribution is 2.20. The Morgan fingerprint density at radius 2 is 1.92 bits per heavy atom. The van der Waals surface area contributed by atoms with E-state index < -0.39 is 0 Å². The second-order valence-electron chi connectivity index (χ2n) is 6.45. The van der Waals surface area contributed by atoms with Crippen LogP contribution in [0.4, 0.5) is 0 Å². The van der Waals surface area contributed by atoms with Crippen molar-refractivity contribution < 1.29 is 9.47 Å². The molecule has 24 heavy (non-hydrogen) atoms. The molecular formula is C18H38IN3O2. The van der Waals surface area contributed by atoms with Crippen LogP contribution < -0.4 is 10.6 Å². The fourth-order valence-corrected chi connectivity index (χ4v) is 2.91. The van der Waals surface area contributed by atoms with Gasteiger partial charge in [-0.3, -0.25) is 4.99 Å². The van der Waals surface area contributed by atoms with Crippen molar-refractivity contribution in [2.75, 3.05) is 33.4 Å². The second-order valence-corrected chi connectivity index (χ2v) is 6.45. The van der Waals surface area contributed by atoms with Gasteiger partial charge in [-0.25, -0.2) is 0 Å². The molecule has 1 fully saturated rings. The van der Waals surface area contributed by atoms with Crippen LogP contribution in [0, 0.1) is 0 Å². The van der Waals surface area contributed by atoms with Gasteiger partial charge >= 0.3 is 0 Å². The van der Waals surface area contributed by atoms with Gasteiger partial charge in [0.25, 0.3) is 0 Å². The Bertz CT molecular complexity index is 311. The van der Waals surface area contributed by atoms with Crippen molar-refractivity contribution in [2.45, 2.75) is 77.4 Å². The molecule has 0 saturated heterocycles. The third-order valence-corrected chi connectivity index (χ3v) is 4.12. The van der Waals surface area contributed by atoms with Crippen LogP contribution in [0.1, 0.15) is 65.2 Å². The summed E-state index contributed by atoms with van der Waals surface area (Å²) in [5, 5.41) is 6.63. The molecule has 1 aliphatic carbocycles. The van der Waals surface area contributed by atoms with Crippen LogP contribution in [0.2, 0.25) is 0 Å². The van der Waals surface area contributed by atoms with E-state index in [4.69, 9.17) is 9.47 Å². The number of ether oxygens (including phenoxy) is 2. The zero-order valence-electron chi connectivity index (χ0n) is 15.8. The second kappa shape index (κ2) is 16.4. The molecule has 0 aliphatic heterocycles. The zero-order chi connectivity index (χ0) is 16.8. The minimum atomic E-state index is 0. The van der Waals surface area contributed by atoms with Gasteiger partial charge in [-0.1, -0.05) is 19.3 Å². The van der Waals surface area contributed by atoms with Crippen molar-refractivity contribution in [3.63, 3.8) is 0 Å². The molecule has 0 amide bonds. The summed E-state index contributed by atoms with van der Waals surface area (Å²) < 4.78 is 11.1. The first-order chi connectivity index (χ1) is 11.3. The monoisotopic (exact) mass is 455 g/mol. The summed E-state index contributed by atoms with van der Waals surface area (Å²) >= 11 is 0. The molecule has 6 heteroatoms. The molecule has 1 atom stereocenters. The predicted molar refractivity (Wildman–Crippen MR) is 113 cm³/mol. The van der Waals surface area contributed by atoms with Crippen molar-refractivity contribution in [1.82, 2.24) is 10.6 Å². The molecule has 1 rings (SSSR count). The molecule has 0 heterocycles. The van der Waals surface area contributed by atoms with Crippen LogP contribution in [-0.4, -0.2) is 51.5 Å². The number of halogens is 1. The molecular weight excluding hydrogens is 417 g/mol. The minimum absolute atomic E-state index is 0. The highest BCUT2D eigenvalue weighted by molar-refractivity contribution is 14.0. The van der Waals surface area contributed by atoms with Crippen molar-refractivity contribution >= 4 is 29.9 Å². The Morgan fingerprint density at radius 1 is 1.17 bits per heavy atom. The van der Waals surface area contributed by atoms with E-state index in [0.717, 1.165) is 38.5 Å². The van der Waals surface area contributed by atoms with Crippen molar-refractivity contribution in [1.29, 1.82) is 0 Å². The van der Waals surface area contributed by atoms with Crippen LogP contribution in [0.25, 0.3) is 0 Å². The van der Waals surface area contributed by atoms with E-state index in [1.807, 2.05) is 0 Å². The van der Waals surface area contributed by atoms with Gasteiger partial charge in [0.1, 0.15) is 0 Å². The van der Waals surface area contributed by atoms with Crippen LogP contribution >= 0.6 is 24.0 Å². The number of guanidine groups is 1. The van der Waals surface area contributed by atoms with Gasteiger partial charge in [0.05, 0.1) is 12.7 Å². The summed E-state index contributed by atoms with van der Waals surface area (Å²) in [4.78, 5) is 4.62. The van der Waals surface area contributed by atoms with E-state index in [1.54, 1.807) is 7.11 Å². The van der Waals surface area contributed by atoms with E-state index in [0.29, 0.717) is 12.7 Å². The number of hydrogen-bond acceptors (Lipinski definition) is 3. The maximum absolute atomic E-state index is 5.95. The first-order valence-electron chi connectivity index (χ1n) is 9.41. The first-order valence-corrected chi connectivity index (χ1v) is 9.41. The maximum atomic E-state index is 5.95. The zero-order valence-corrected chi connectivity index (χ0v) is 18.1. The molecule has 0 radical (unpaired) electrons. The van der Waals surface area contributed by atoms with E-state index >= 15 is 0 Å². The van der Waals surface area contributed by atoms with Gasteiger partial charge < -0.3 is 20.1 Å². The molecule has 0 aromatic heterocycles. The molecule has 1 unspecified atom stereocenters. The van der Waals surface area contributed by atoms with Crippen LogP contribution in [0.15, 0.2) is 4.99 Å². The molecule has 0 aromatic carbocycles. The average Bonchev–Trinajstić information content (AvgIpc) is 2.55. The summed E-state index contributed by atoms with van der Waals surface area (Å²) in [7, 11) is 1.72. The number of nitrogens with one attached hydrogen (secondary N) is 2. The first kappa shape index (κ1) is 23.9. The van der Waals surface area contributed by atoms with Gasteiger partial charge in [0.15, 0.2) is 5.96 Å². The molecule has 1 saturated carbocycles. The maximum Gasteiger partial charge on any atom is 0.191 e. The quantitative estimate of drug-likeness (QED) is 0.216. The van der Waals surface area contributed by atoms with Crippen LogP contribution in [0.5, 0.6) is 0 Å². The Morgan fingerprint density at radius 3 is 2.58 bits per heavy atom. The van der Waals surface area contributed by atoms with Gasteiger partial charge in [-0.05, 0) is 46.0 Å². The Hall–Kier alpha value is -0.0800. The number of methoxy groups -OCH3 is 1. The Balaban J connectivity index is 0.00000529. The molecule has 0 aromatic rings. The van der Waals surface area contributed by atoms with Crippen molar-refractivity contribution in [3.05, 3.63) is 0 Å². The van der Waals surface area contributed by atoms with E-state index in [1.165, 1.54) is 38.5 Å². The highest BCUT2D eigenvalue weighted by atomic mass is 127. The Labute approximate surface area is 165 Å². The van der Waals surface area contributed by atoms with Crippen LogP contribution in [0.3, 0.4) is 0 Å². The minimum Gasteiger partial charge on any atom is -0.383 e. The largest absolute Gasteiger partial charge is 0.383 e. The van der Waals surface area contributed by atoms with Gasteiger partial charge in [0, 0.05) is 32.8 Å². The van der Waals surface area contributed by atoms with Crippen molar-refractivity contribution in [2.24, 2.45) is 4.99 Å². The fourth-order valence-electron chi connectivity index (χ4n) is 2.91. The number of aliphatic imine (C=N–C) groups is 1. The molecule has 2 N–H and O–H groups in total. The summed E-state index contributed by atoms with van der Waals surface area (Å²) in [6.45, 7) is 7.51. The fraction of sp³-hybridized carbons (Fsp3) is 0.944. The smallest absolute Gasteiger partial charge is 0.191 e. The lowest BCUT2D eigenvalue weighted by Gasteiger charge is -2.21. The molecule has 0 spiro atoms. The van der Waals surface area contributed by atoms with Crippen LogP contribution in [-0.2, 0) is 9.47 Å². The van der Waals surface area contributed by atoms with Gasteiger partial charge in [-0.15, -0.1) is 24.0 Å². The van der Waals surface area contributed by atoms with E-state index in [2.05, 4.69) is 29.5 Å². The van der Waals surface area contributed by atoms with E-state index in [9.17, 15) is 0 Å². The normalized spacial score (nSPS) is 17.2. The summed E-state index contributed by atoms with van der Waals surface area (Å²) in [5.41, 5.74) is 0. The summed E-state index contributed by atoms with van der Waals surface area (Å²) in [5.74, 6) is 0.885. The van der Waals surface area contributed by atoms with Gasteiger partial charge in [0.2, 0.25) is 0 Å². The third kappa shape index (κ3) is 12.3. The summed E-state index contributed by atoms with van der Waals surface area (Å²) in [6.07, 6.45) is 10.6.